The number of ether oxygens (including phenoxy) is 3. The van der Waals surface area contributed by atoms with Crippen molar-refractivity contribution in [3.63, 3.8) is 0 Å². The molecule has 5 atom stereocenters. The molecule has 1 aromatic rings. The Morgan fingerprint density at radius 2 is 2.20 bits per heavy atom. The molecule has 0 aliphatic carbocycles. The summed E-state index contributed by atoms with van der Waals surface area (Å²) >= 11 is 0. The van der Waals surface area contributed by atoms with E-state index in [2.05, 4.69) is 0 Å². The Bertz CT molecular complexity index is 1530. The van der Waals surface area contributed by atoms with E-state index < -0.39 is 115 Å². The number of methoxy groups -OCH3 is 2. The van der Waals surface area contributed by atoms with Gasteiger partial charge in [-0.1, -0.05) is 27.6 Å². The molecule has 1 fully saturated rings. The fourth-order valence-corrected chi connectivity index (χ4v) is 2.72. The Balaban J connectivity index is 2.72. The number of hydrogen-bond acceptors (Lipinski definition) is 6. The molecule has 1 saturated heterocycles. The molecule has 2 aliphatic rings. The zero-order chi connectivity index (χ0) is 39.7. The van der Waals surface area contributed by atoms with Gasteiger partial charge in [0.05, 0.1) is 21.0 Å². The van der Waals surface area contributed by atoms with Gasteiger partial charge in [0.25, 0.3) is 0 Å². The minimum absolute atomic E-state index is 0.372. The van der Waals surface area contributed by atoms with Crippen LogP contribution in [0.3, 0.4) is 0 Å². The quantitative estimate of drug-likeness (QED) is 0.656. The minimum atomic E-state index is -4.59. The molecule has 0 spiro atoms. The second kappa shape index (κ2) is 9.56. The van der Waals surface area contributed by atoms with Gasteiger partial charge >= 0.3 is 5.97 Å². The normalized spacial score (nSPS) is 52.1. The number of hydrogen-bond donors (Lipinski definition) is 1. The van der Waals surface area contributed by atoms with Crippen molar-refractivity contribution < 1.29 is 46.4 Å². The molecule has 0 saturated carbocycles. The largest absolute Gasteiger partial charge is 0.493 e. The highest BCUT2D eigenvalue weighted by Gasteiger charge is 2.41. The maximum absolute atomic E-state index is 13.4. The lowest BCUT2D eigenvalue weighted by Gasteiger charge is -2.47. The molecular formula is C24H38N2O4. The van der Waals surface area contributed by atoms with Crippen LogP contribution in [0.4, 0.5) is 0 Å². The van der Waals surface area contributed by atoms with E-state index in [4.69, 9.17) is 37.8 Å². The standard InChI is InChI=1S/C24H38N2O4/c1-14(2)9-17-13-26-8-7-16-10-21(28-5)22(29-6)11-18(16)19(26)12-20(17)30-24(27)23(25)15(3)4/h10-11,14-15,17,19-20,23H,7-9,12-13,25H2,1-6H3/t17?,19?,20?,23-/m0/s1/i1D3,6D3,7D2,8D2,9D2,12D2,13D2,14D,17D,19D,20D/t14?,17?,19?,20?,23-. The van der Waals surface area contributed by atoms with Gasteiger partial charge < -0.3 is 19.9 Å². The van der Waals surface area contributed by atoms with Gasteiger partial charge in [-0.2, -0.15) is 0 Å². The maximum atomic E-state index is 13.4. The van der Waals surface area contributed by atoms with Crippen molar-refractivity contribution in [2.75, 3.05) is 27.1 Å². The molecule has 0 radical (unpaired) electrons. The first-order valence-corrected chi connectivity index (χ1v) is 9.07. The summed E-state index contributed by atoms with van der Waals surface area (Å²) in [7, 11) is -2.30. The van der Waals surface area contributed by atoms with Crippen LogP contribution in [0.15, 0.2) is 12.1 Å². The third kappa shape index (κ3) is 4.75. The molecule has 2 aliphatic heterocycles. The van der Waals surface area contributed by atoms with Gasteiger partial charge in [0.2, 0.25) is 0 Å². The fourth-order valence-electron chi connectivity index (χ4n) is 2.72. The monoisotopic (exact) mass is 438 g/mol. The topological polar surface area (TPSA) is 74.0 Å². The van der Waals surface area contributed by atoms with Crippen LogP contribution in [-0.4, -0.2) is 50.1 Å². The summed E-state index contributed by atoms with van der Waals surface area (Å²) in [4.78, 5) is 12.9. The average molecular weight is 439 g/mol. The zero-order valence-electron chi connectivity index (χ0n) is 37.0. The smallest absolute Gasteiger partial charge is 0.323 e. The summed E-state index contributed by atoms with van der Waals surface area (Å²) in [6.07, 6.45) is -16.8. The summed E-state index contributed by atoms with van der Waals surface area (Å²) in [6, 6.07) is -4.55. The van der Waals surface area contributed by atoms with Crippen molar-refractivity contribution in [2.45, 2.75) is 64.9 Å². The minimum Gasteiger partial charge on any atom is -0.493 e. The molecule has 0 aromatic heterocycles. The van der Waals surface area contributed by atoms with Gasteiger partial charge in [-0.25, -0.2) is 0 Å². The number of nitrogens with two attached hydrogens (primary N) is 1. The van der Waals surface area contributed by atoms with Gasteiger partial charge in [-0.3, -0.25) is 9.69 Å². The van der Waals surface area contributed by atoms with Crippen LogP contribution in [0, 0.1) is 17.7 Å². The highest BCUT2D eigenvalue weighted by atomic mass is 16.5. The van der Waals surface area contributed by atoms with Crippen molar-refractivity contribution in [3.05, 3.63) is 23.3 Å². The predicted octanol–water partition coefficient (Wildman–Crippen LogP) is 3.56. The third-order valence-corrected chi connectivity index (χ3v) is 4.38. The Kier molecular flexibility index (Phi) is 2.64. The Morgan fingerprint density at radius 3 is 2.87 bits per heavy atom. The van der Waals surface area contributed by atoms with Crippen LogP contribution in [0.25, 0.3) is 0 Å². The lowest BCUT2D eigenvalue weighted by Crippen LogP contribution is -2.51. The Morgan fingerprint density at radius 1 is 1.43 bits per heavy atom. The molecule has 6 heteroatoms. The summed E-state index contributed by atoms with van der Waals surface area (Å²) in [5.74, 6) is -12.3. The van der Waals surface area contributed by atoms with Crippen LogP contribution in [-0.2, 0) is 15.9 Å². The number of aryl methyl sites for hydroxylation is 1. The number of carbonyl (C=O) groups excluding carboxylic acids is 1. The molecule has 0 amide bonds. The second-order valence-corrected chi connectivity index (χ2v) is 6.95. The lowest BCUT2D eigenvalue weighted by molar-refractivity contribution is -0.160. The zero-order valence-corrected chi connectivity index (χ0v) is 17.0. The van der Waals surface area contributed by atoms with E-state index in [1.165, 1.54) is 13.8 Å². The van der Waals surface area contributed by atoms with E-state index in [1.807, 2.05) is 0 Å². The van der Waals surface area contributed by atoms with Crippen LogP contribution >= 0.6 is 0 Å². The van der Waals surface area contributed by atoms with Crippen molar-refractivity contribution in [2.24, 2.45) is 23.4 Å². The van der Waals surface area contributed by atoms with Gasteiger partial charge in [-0.05, 0) is 47.8 Å². The average Bonchev–Trinajstić information content (AvgIpc) is 2.92. The number of esters is 1. The number of benzene rings is 1. The number of nitrogens with zero attached hydrogens (tertiary/aromatic N) is 1. The summed E-state index contributed by atoms with van der Waals surface area (Å²) in [5, 5.41) is 0. The van der Waals surface area contributed by atoms with Crippen LogP contribution < -0.4 is 15.2 Å². The lowest BCUT2D eigenvalue weighted by atomic mass is 9.79. The van der Waals surface area contributed by atoms with Crippen molar-refractivity contribution in [3.8, 4) is 11.5 Å². The number of rotatable bonds is 7. The van der Waals surface area contributed by atoms with E-state index >= 15 is 0 Å². The number of carbonyl (C=O) groups is 1. The molecular weight excluding hydrogens is 380 g/mol. The third-order valence-electron chi connectivity index (χ3n) is 4.38. The molecule has 3 rings (SSSR count). The number of fused-ring (bicyclic) bond motifs is 3. The second-order valence-electron chi connectivity index (χ2n) is 6.95. The molecule has 0 bridgehead atoms. The van der Waals surface area contributed by atoms with Gasteiger partial charge in [0.1, 0.15) is 12.1 Å². The maximum Gasteiger partial charge on any atom is 0.323 e. The molecule has 1 aromatic carbocycles. The summed E-state index contributed by atoms with van der Waals surface area (Å²) < 4.78 is 189. The Labute approximate surface area is 209 Å². The Hall–Kier alpha value is -1.79. The van der Waals surface area contributed by atoms with Crippen LogP contribution in [0.5, 0.6) is 11.5 Å². The first-order chi connectivity index (χ1) is 21.9. The van der Waals surface area contributed by atoms with Gasteiger partial charge in [-0.15, -0.1) is 0 Å². The van der Waals surface area contributed by atoms with Gasteiger partial charge in [0, 0.05) is 51.8 Å². The highest BCUT2D eigenvalue weighted by Crippen LogP contribution is 2.44. The molecule has 4 unspecified atom stereocenters. The summed E-state index contributed by atoms with van der Waals surface area (Å²) in [6.45, 7) is -9.19. The van der Waals surface area contributed by atoms with Crippen molar-refractivity contribution in [1.29, 1.82) is 0 Å². The molecule has 2 N–H and O–H groups in total. The molecule has 2 heterocycles. The van der Waals surface area contributed by atoms with Crippen molar-refractivity contribution in [1.82, 2.24) is 4.90 Å². The first-order valence-electron chi connectivity index (χ1n) is 19.1. The molecule has 6 nitrogen and oxygen atoms in total. The van der Waals surface area contributed by atoms with E-state index in [9.17, 15) is 14.4 Å². The van der Waals surface area contributed by atoms with Gasteiger partial charge in [0.15, 0.2) is 11.5 Å². The fraction of sp³-hybridized carbons (Fsp3) is 0.708. The van der Waals surface area contributed by atoms with E-state index in [0.717, 1.165) is 7.11 Å². The predicted molar refractivity (Wildman–Crippen MR) is 118 cm³/mol. The van der Waals surface area contributed by atoms with E-state index in [1.54, 1.807) is 0 Å². The van der Waals surface area contributed by atoms with Crippen molar-refractivity contribution >= 4 is 5.97 Å². The van der Waals surface area contributed by atoms with E-state index in [0.29, 0.717) is 19.1 Å². The molecule has 30 heavy (non-hydrogen) atoms. The van der Waals surface area contributed by atoms with E-state index in [-0.39, 0.29) is 0 Å². The first kappa shape index (κ1) is 8.28. The SMILES string of the molecule is [2H]C([2H])([2H])Oc1cc2c(cc1OC)C([2H])([2H])C([2H])([2H])N1C([2H])([2H])C([2H])(C([2H])([2H])C([2H])(C)C([2H])([2H])[2H])C([2H])(OC(=O)[C@@H](N)C(C)C)C([2H])([2H])C21[2H]. The van der Waals surface area contributed by atoms with Crippen LogP contribution in [0.1, 0.15) is 84.9 Å². The molecule has 168 valence electrons. The summed E-state index contributed by atoms with van der Waals surface area (Å²) in [5.41, 5.74) is 3.77. The highest BCUT2D eigenvalue weighted by molar-refractivity contribution is 5.76. The number of piperidine rings is 1. The van der Waals surface area contributed by atoms with Crippen LogP contribution in [0.2, 0.25) is 0 Å².